The van der Waals surface area contributed by atoms with E-state index >= 15 is 0 Å². The Morgan fingerprint density at radius 3 is 2.24 bits per heavy atom. The average Bonchev–Trinajstić information content (AvgIpc) is 3.44. The van der Waals surface area contributed by atoms with Crippen LogP contribution in [0.15, 0.2) is 17.9 Å². The van der Waals surface area contributed by atoms with Crippen LogP contribution < -0.4 is 0 Å². The summed E-state index contributed by atoms with van der Waals surface area (Å²) in [5, 5.41) is 0. The van der Waals surface area contributed by atoms with E-state index in [1.165, 1.54) is 16.7 Å². The highest BCUT2D eigenvalue weighted by Crippen LogP contribution is 2.65. The number of benzene rings is 1. The molecule has 2 saturated carbocycles. The summed E-state index contributed by atoms with van der Waals surface area (Å²) in [7, 11) is 0. The number of ether oxygens (including phenoxy) is 2. The topological polar surface area (TPSA) is 44.8 Å². The summed E-state index contributed by atoms with van der Waals surface area (Å²) in [4.78, 5) is 14.1. The Kier molecular flexibility index (Phi) is 5.76. The van der Waals surface area contributed by atoms with Crippen molar-refractivity contribution in [1.29, 1.82) is 0 Å². The Morgan fingerprint density at radius 1 is 1.12 bits per heavy atom. The van der Waals surface area contributed by atoms with Gasteiger partial charge in [0.2, 0.25) is 0 Å². The van der Waals surface area contributed by atoms with Gasteiger partial charge in [-0.3, -0.25) is 4.79 Å². The van der Waals surface area contributed by atoms with Gasteiger partial charge in [-0.25, -0.2) is 0 Å². The zero-order chi connectivity index (χ0) is 23.8. The first-order valence-electron chi connectivity index (χ1n) is 12.5. The van der Waals surface area contributed by atoms with E-state index in [-0.39, 0.29) is 17.6 Å². The monoisotopic (exact) mass is 488 g/mol. The molecule has 1 aromatic rings. The van der Waals surface area contributed by atoms with E-state index in [1.807, 2.05) is 13.8 Å². The first-order chi connectivity index (χ1) is 15.5. The fourth-order valence-corrected chi connectivity index (χ4v) is 9.02. The molecule has 1 spiro atoms. The van der Waals surface area contributed by atoms with Gasteiger partial charge in [-0.2, -0.15) is 0 Å². The number of hydrogen-bond donors (Lipinski definition) is 0. The second kappa shape index (κ2) is 8.01. The van der Waals surface area contributed by atoms with Gasteiger partial charge in [0, 0.05) is 17.5 Å². The van der Waals surface area contributed by atoms with Crippen LogP contribution in [0.3, 0.4) is 0 Å². The van der Waals surface area contributed by atoms with Crippen molar-refractivity contribution in [2.75, 3.05) is 13.3 Å². The molecule has 0 bridgehead atoms. The fourth-order valence-electron chi connectivity index (χ4n) is 6.29. The molecule has 4 aliphatic rings. The maximum absolute atomic E-state index is 14.1. The molecule has 4 atom stereocenters. The molecule has 1 aliphatic heterocycles. The van der Waals surface area contributed by atoms with Gasteiger partial charge in [-0.15, -0.1) is 0 Å². The fraction of sp³-hybridized carbons (Fsp3) is 0.667. The lowest BCUT2D eigenvalue weighted by atomic mass is 9.86. The highest BCUT2D eigenvalue weighted by Gasteiger charge is 2.60. The number of aryl methyl sites for hydroxylation is 3. The van der Waals surface area contributed by atoms with E-state index in [2.05, 4.69) is 39.6 Å². The van der Waals surface area contributed by atoms with Crippen LogP contribution in [0, 0.1) is 18.8 Å². The van der Waals surface area contributed by atoms with Gasteiger partial charge in [-0.05, 0) is 82.7 Å². The van der Waals surface area contributed by atoms with Gasteiger partial charge < -0.3 is 14.0 Å². The quantitative estimate of drug-likeness (QED) is 0.449. The third kappa shape index (κ3) is 4.07. The van der Waals surface area contributed by atoms with E-state index in [0.29, 0.717) is 18.7 Å². The third-order valence-electron chi connectivity index (χ3n) is 7.93. The van der Waals surface area contributed by atoms with Crippen LogP contribution in [0.1, 0.15) is 75.6 Å². The molecule has 0 amide bonds. The number of fused-ring (bicyclic) bond motifs is 1. The zero-order valence-corrected chi connectivity index (χ0v) is 22.5. The largest absolute Gasteiger partial charge is 0.470 e. The Balaban J connectivity index is 1.64. The van der Waals surface area contributed by atoms with Gasteiger partial charge in [-0.1, -0.05) is 43.4 Å². The Labute approximate surface area is 203 Å². The SMILES string of the molecule is CCc1cc(C)cc(CC)c1C1=C(OP(C)(=S)C2CC2)C2CC3(COC(C)(C)O3)CC2C1=O. The molecule has 1 heterocycles. The van der Waals surface area contributed by atoms with Gasteiger partial charge in [0.1, 0.15) is 12.0 Å². The average molecular weight is 489 g/mol. The Hall–Kier alpha value is -1.00. The number of carbonyl (C=O) groups excluding carboxylic acids is 1. The molecule has 5 rings (SSSR count). The zero-order valence-electron chi connectivity index (χ0n) is 20.8. The van der Waals surface area contributed by atoms with Crippen molar-refractivity contribution < 1.29 is 18.8 Å². The second-order valence-corrected chi connectivity index (χ2v) is 16.0. The number of Topliss-reactive ketones (excluding diaryl/α,β-unsaturated/α-hetero) is 1. The van der Waals surface area contributed by atoms with E-state index in [0.717, 1.165) is 49.0 Å². The van der Waals surface area contributed by atoms with Crippen molar-refractivity contribution in [2.45, 2.75) is 90.2 Å². The normalized spacial score (nSPS) is 32.5. The number of allylic oxidation sites excluding steroid dienone is 2. The van der Waals surface area contributed by atoms with Crippen molar-refractivity contribution in [3.05, 3.63) is 40.1 Å². The lowest BCUT2D eigenvalue weighted by Crippen LogP contribution is -2.32. The maximum atomic E-state index is 14.1. The van der Waals surface area contributed by atoms with Crippen molar-refractivity contribution in [1.82, 2.24) is 0 Å². The summed E-state index contributed by atoms with van der Waals surface area (Å²) in [5.74, 6) is 0.407. The lowest BCUT2D eigenvalue weighted by molar-refractivity contribution is -0.161. The van der Waals surface area contributed by atoms with Crippen molar-refractivity contribution >= 4 is 29.4 Å². The predicted molar refractivity (Wildman–Crippen MR) is 136 cm³/mol. The Morgan fingerprint density at radius 2 is 1.73 bits per heavy atom. The molecule has 3 fully saturated rings. The summed E-state index contributed by atoms with van der Waals surface area (Å²) in [6.07, 6.45) is 3.53. The van der Waals surface area contributed by atoms with Crippen LogP contribution in [-0.4, -0.2) is 36.1 Å². The molecule has 6 heteroatoms. The van der Waals surface area contributed by atoms with E-state index in [1.54, 1.807) is 0 Å². The number of hydrogen-bond acceptors (Lipinski definition) is 5. The third-order valence-corrected chi connectivity index (χ3v) is 11.4. The molecule has 1 aromatic carbocycles. The molecule has 180 valence electrons. The minimum Gasteiger partial charge on any atom is -0.470 e. The minimum atomic E-state index is -2.01. The van der Waals surface area contributed by atoms with Crippen LogP contribution >= 0.6 is 6.26 Å². The van der Waals surface area contributed by atoms with Gasteiger partial charge >= 0.3 is 0 Å². The number of ketones is 1. The number of carbonyl (C=O) groups is 1. The number of rotatable bonds is 6. The highest BCUT2D eigenvalue weighted by atomic mass is 32.4. The first-order valence-corrected chi connectivity index (χ1v) is 15.7. The van der Waals surface area contributed by atoms with Crippen molar-refractivity contribution in [2.24, 2.45) is 11.8 Å². The van der Waals surface area contributed by atoms with Crippen LogP contribution in [-0.2, 0) is 43.4 Å². The van der Waals surface area contributed by atoms with Crippen LogP contribution in [0.4, 0.5) is 0 Å². The molecule has 1 saturated heterocycles. The molecule has 0 N–H and O–H groups in total. The van der Waals surface area contributed by atoms with Crippen molar-refractivity contribution in [3.63, 3.8) is 0 Å². The smallest absolute Gasteiger partial charge is 0.170 e. The summed E-state index contributed by atoms with van der Waals surface area (Å²) in [5.41, 5.74) is 5.75. The van der Waals surface area contributed by atoms with E-state index in [9.17, 15) is 4.79 Å². The summed E-state index contributed by atoms with van der Waals surface area (Å²) < 4.78 is 19.2. The first kappa shape index (κ1) is 23.7. The molecule has 4 unspecified atom stereocenters. The summed E-state index contributed by atoms with van der Waals surface area (Å²) in [6.45, 7) is 13.1. The highest BCUT2D eigenvalue weighted by molar-refractivity contribution is 8.12. The van der Waals surface area contributed by atoms with Gasteiger partial charge in [0.15, 0.2) is 11.6 Å². The van der Waals surface area contributed by atoms with Crippen LogP contribution in [0.25, 0.3) is 5.57 Å². The van der Waals surface area contributed by atoms with Gasteiger partial charge in [0.05, 0.1) is 17.8 Å². The molecular weight excluding hydrogens is 451 g/mol. The maximum Gasteiger partial charge on any atom is 0.170 e. The Bertz CT molecular complexity index is 1060. The molecule has 3 aliphatic carbocycles. The van der Waals surface area contributed by atoms with Crippen LogP contribution in [0.2, 0.25) is 0 Å². The molecule has 0 aromatic heterocycles. The van der Waals surface area contributed by atoms with Crippen LogP contribution in [0.5, 0.6) is 0 Å². The molecule has 0 radical (unpaired) electrons. The lowest BCUT2D eigenvalue weighted by Gasteiger charge is -2.28. The molecule has 33 heavy (non-hydrogen) atoms. The summed E-state index contributed by atoms with van der Waals surface area (Å²) in [6, 6.07) is 4.47. The standard InChI is InChI=1S/C27H37O4PS/c1-7-17-11-16(3)12-18(8-2)22(17)23-24(28)20-13-27(15-29-26(4,5)31-27)14-21(20)25(23)30-32(6,33)19-9-10-19/h11-12,19-21H,7-10,13-15H2,1-6H3. The predicted octanol–water partition coefficient (Wildman–Crippen LogP) is 6.16. The molecular formula is C27H37O4PS. The second-order valence-electron chi connectivity index (χ2n) is 11.1. The van der Waals surface area contributed by atoms with Gasteiger partial charge in [0.25, 0.3) is 0 Å². The minimum absolute atomic E-state index is 0.0294. The molecule has 4 nitrogen and oxygen atoms in total. The van der Waals surface area contributed by atoms with Crippen molar-refractivity contribution in [3.8, 4) is 0 Å². The van der Waals surface area contributed by atoms with E-state index in [4.69, 9.17) is 25.8 Å². The summed E-state index contributed by atoms with van der Waals surface area (Å²) >= 11 is 6.06. The van der Waals surface area contributed by atoms with E-state index < -0.39 is 17.7 Å².